The molecule has 0 spiro atoms. The summed E-state index contributed by atoms with van der Waals surface area (Å²) in [4.78, 5) is 21.5. The lowest BCUT2D eigenvalue weighted by Crippen LogP contribution is -2.37. The highest BCUT2D eigenvalue weighted by Crippen LogP contribution is 2.21. The van der Waals surface area contributed by atoms with E-state index in [2.05, 4.69) is 10.6 Å². The van der Waals surface area contributed by atoms with Gasteiger partial charge < -0.3 is 20.5 Å². The fourth-order valence-corrected chi connectivity index (χ4v) is 1.80. The monoisotopic (exact) mass is 314 g/mol. The summed E-state index contributed by atoms with van der Waals surface area (Å²) in [5.74, 6) is -0.174. The van der Waals surface area contributed by atoms with Crippen LogP contribution in [0.25, 0.3) is 0 Å². The lowest BCUT2D eigenvalue weighted by Gasteiger charge is -2.10. The quantitative estimate of drug-likeness (QED) is 0.642. The third-order valence-electron chi connectivity index (χ3n) is 2.63. The lowest BCUT2D eigenvalue weighted by atomic mass is 10.2. The van der Waals surface area contributed by atoms with Gasteiger partial charge in [-0.05, 0) is 37.1 Å². The third-order valence-corrected chi connectivity index (χ3v) is 2.86. The van der Waals surface area contributed by atoms with E-state index in [-0.39, 0.29) is 19.0 Å². The third kappa shape index (κ3) is 7.41. The van der Waals surface area contributed by atoms with Gasteiger partial charge in [0, 0.05) is 18.1 Å². The molecule has 0 heterocycles. The Hall–Kier alpha value is -1.95. The molecule has 1 aromatic carbocycles. The average molecular weight is 315 g/mol. The molecular weight excluding hydrogens is 296 g/mol. The number of nitrogens with one attached hydrogen (secondary N) is 2. The molecule has 1 rings (SSSR count). The maximum absolute atomic E-state index is 11.3. The number of aliphatic carboxylic acids is 1. The van der Waals surface area contributed by atoms with Gasteiger partial charge in [0.2, 0.25) is 0 Å². The average Bonchev–Trinajstić information content (AvgIpc) is 2.40. The number of hydrogen-bond acceptors (Lipinski definition) is 3. The molecule has 1 aromatic rings. The SMILES string of the molecule is Cc1cc(Cl)ccc1OCCCNC(=O)NCCC(=O)O. The van der Waals surface area contributed by atoms with Crippen molar-refractivity contribution in [2.24, 2.45) is 0 Å². The number of carbonyl (C=O) groups excluding carboxylic acids is 1. The van der Waals surface area contributed by atoms with Crippen LogP contribution in [0, 0.1) is 6.92 Å². The molecule has 0 fully saturated rings. The van der Waals surface area contributed by atoms with E-state index in [1.54, 1.807) is 6.07 Å². The van der Waals surface area contributed by atoms with Gasteiger partial charge >= 0.3 is 12.0 Å². The standard InChI is InChI=1S/C14H19ClN2O4/c1-10-9-11(15)3-4-12(10)21-8-2-6-16-14(20)17-7-5-13(18)19/h3-4,9H,2,5-8H2,1H3,(H,18,19)(H2,16,17,20). The van der Waals surface area contributed by atoms with Crippen LogP contribution in [0.4, 0.5) is 4.79 Å². The molecule has 6 nitrogen and oxygen atoms in total. The molecule has 3 N–H and O–H groups in total. The minimum atomic E-state index is -0.943. The van der Waals surface area contributed by atoms with Crippen LogP contribution >= 0.6 is 11.6 Å². The second-order valence-electron chi connectivity index (χ2n) is 4.44. The normalized spacial score (nSPS) is 10.0. The fourth-order valence-electron chi connectivity index (χ4n) is 1.58. The molecule has 0 aliphatic heterocycles. The summed E-state index contributed by atoms with van der Waals surface area (Å²) in [5, 5.41) is 14.2. The zero-order valence-electron chi connectivity index (χ0n) is 11.8. The molecule has 0 bridgehead atoms. The van der Waals surface area contributed by atoms with E-state index in [1.807, 2.05) is 19.1 Å². The van der Waals surface area contributed by atoms with Crippen LogP contribution in [0.3, 0.4) is 0 Å². The van der Waals surface area contributed by atoms with Crippen molar-refractivity contribution in [2.75, 3.05) is 19.7 Å². The summed E-state index contributed by atoms with van der Waals surface area (Å²) in [6.45, 7) is 2.94. The Morgan fingerprint density at radius 1 is 1.29 bits per heavy atom. The van der Waals surface area contributed by atoms with E-state index < -0.39 is 5.97 Å². The highest BCUT2D eigenvalue weighted by atomic mass is 35.5. The van der Waals surface area contributed by atoms with E-state index in [4.69, 9.17) is 21.4 Å². The van der Waals surface area contributed by atoms with Crippen LogP contribution < -0.4 is 15.4 Å². The predicted molar refractivity (Wildman–Crippen MR) is 80.0 cm³/mol. The molecule has 7 heteroatoms. The molecule has 0 aromatic heterocycles. The van der Waals surface area contributed by atoms with Crippen molar-refractivity contribution in [3.63, 3.8) is 0 Å². The second-order valence-corrected chi connectivity index (χ2v) is 4.87. The number of carboxylic acid groups (broad SMARTS) is 1. The predicted octanol–water partition coefficient (Wildman–Crippen LogP) is 2.19. The van der Waals surface area contributed by atoms with E-state index >= 15 is 0 Å². The number of amides is 2. The molecule has 0 radical (unpaired) electrons. The molecule has 0 atom stereocenters. The number of halogens is 1. The number of carboxylic acids is 1. The molecule has 21 heavy (non-hydrogen) atoms. The number of hydrogen-bond donors (Lipinski definition) is 3. The van der Waals surface area contributed by atoms with Gasteiger partial charge in [0.1, 0.15) is 5.75 Å². The Labute approximate surface area is 128 Å². The molecule has 2 amide bonds. The lowest BCUT2D eigenvalue weighted by molar-refractivity contribution is -0.136. The van der Waals surface area contributed by atoms with Crippen LogP contribution in [0.1, 0.15) is 18.4 Å². The van der Waals surface area contributed by atoms with E-state index in [1.165, 1.54) is 0 Å². The number of carbonyl (C=O) groups is 2. The summed E-state index contributed by atoms with van der Waals surface area (Å²) in [7, 11) is 0. The summed E-state index contributed by atoms with van der Waals surface area (Å²) >= 11 is 5.85. The summed E-state index contributed by atoms with van der Waals surface area (Å²) in [5.41, 5.74) is 0.960. The zero-order valence-corrected chi connectivity index (χ0v) is 12.6. The molecule has 0 saturated heterocycles. The fraction of sp³-hybridized carbons (Fsp3) is 0.429. The van der Waals surface area contributed by atoms with Gasteiger partial charge in [0.05, 0.1) is 13.0 Å². The Morgan fingerprint density at radius 3 is 2.67 bits per heavy atom. The first kappa shape index (κ1) is 17.1. The minimum absolute atomic E-state index is 0.0909. The molecule has 0 aliphatic carbocycles. The number of urea groups is 1. The molecular formula is C14H19ClN2O4. The van der Waals surface area contributed by atoms with Gasteiger partial charge in [-0.1, -0.05) is 11.6 Å². The Bertz CT molecular complexity index is 494. The van der Waals surface area contributed by atoms with Crippen molar-refractivity contribution in [1.82, 2.24) is 10.6 Å². The van der Waals surface area contributed by atoms with Crippen molar-refractivity contribution in [3.05, 3.63) is 28.8 Å². The molecule has 0 saturated carbocycles. The summed E-state index contributed by atoms with van der Waals surface area (Å²) < 4.78 is 5.58. The van der Waals surface area contributed by atoms with Crippen LogP contribution in [0.5, 0.6) is 5.75 Å². The highest BCUT2D eigenvalue weighted by Gasteiger charge is 2.02. The Morgan fingerprint density at radius 2 is 2.00 bits per heavy atom. The number of aryl methyl sites for hydroxylation is 1. The summed E-state index contributed by atoms with van der Waals surface area (Å²) in [6, 6.07) is 5.02. The maximum atomic E-state index is 11.3. The van der Waals surface area contributed by atoms with Gasteiger partial charge in [-0.2, -0.15) is 0 Å². The van der Waals surface area contributed by atoms with Crippen LogP contribution in [-0.4, -0.2) is 36.8 Å². The van der Waals surface area contributed by atoms with Gasteiger partial charge in [-0.3, -0.25) is 4.79 Å². The van der Waals surface area contributed by atoms with Crippen LogP contribution in [0.15, 0.2) is 18.2 Å². The number of benzene rings is 1. The van der Waals surface area contributed by atoms with Crippen molar-refractivity contribution < 1.29 is 19.4 Å². The minimum Gasteiger partial charge on any atom is -0.493 e. The highest BCUT2D eigenvalue weighted by molar-refractivity contribution is 6.30. The van der Waals surface area contributed by atoms with Gasteiger partial charge in [0.25, 0.3) is 0 Å². The Balaban J connectivity index is 2.11. The van der Waals surface area contributed by atoms with E-state index in [9.17, 15) is 9.59 Å². The van der Waals surface area contributed by atoms with Crippen molar-refractivity contribution in [3.8, 4) is 5.75 Å². The smallest absolute Gasteiger partial charge is 0.314 e. The van der Waals surface area contributed by atoms with Crippen molar-refractivity contribution in [2.45, 2.75) is 19.8 Å². The second kappa shape index (κ2) is 9.07. The largest absolute Gasteiger partial charge is 0.493 e. The maximum Gasteiger partial charge on any atom is 0.314 e. The zero-order chi connectivity index (χ0) is 15.7. The van der Waals surface area contributed by atoms with E-state index in [0.29, 0.717) is 24.6 Å². The molecule has 0 aliphatic rings. The van der Waals surface area contributed by atoms with Gasteiger partial charge in [0.15, 0.2) is 0 Å². The molecule has 116 valence electrons. The van der Waals surface area contributed by atoms with Gasteiger partial charge in [-0.15, -0.1) is 0 Å². The summed E-state index contributed by atoms with van der Waals surface area (Å²) in [6.07, 6.45) is 0.556. The number of rotatable bonds is 8. The van der Waals surface area contributed by atoms with Crippen molar-refractivity contribution >= 4 is 23.6 Å². The van der Waals surface area contributed by atoms with Crippen molar-refractivity contribution in [1.29, 1.82) is 0 Å². The Kier molecular flexibility index (Phi) is 7.39. The van der Waals surface area contributed by atoms with Crippen LogP contribution in [-0.2, 0) is 4.79 Å². The first-order chi connectivity index (χ1) is 9.99. The first-order valence-corrected chi connectivity index (χ1v) is 6.99. The van der Waals surface area contributed by atoms with Gasteiger partial charge in [-0.25, -0.2) is 4.79 Å². The van der Waals surface area contributed by atoms with E-state index in [0.717, 1.165) is 11.3 Å². The first-order valence-electron chi connectivity index (χ1n) is 6.61. The number of ether oxygens (including phenoxy) is 1. The van der Waals surface area contributed by atoms with Crippen LogP contribution in [0.2, 0.25) is 5.02 Å². The molecule has 0 unspecified atom stereocenters. The topological polar surface area (TPSA) is 87.7 Å².